The molecular weight excluding hydrogens is 548 g/mol. The van der Waals surface area contributed by atoms with Gasteiger partial charge in [-0.05, 0) is 42.3 Å². The molecule has 7 nitrogen and oxygen atoms in total. The van der Waals surface area contributed by atoms with E-state index in [9.17, 15) is 18.0 Å². The Balaban J connectivity index is 1.40. The van der Waals surface area contributed by atoms with Crippen LogP contribution in [0.1, 0.15) is 33.5 Å². The number of carbonyl (C=O) groups excluding carboxylic acids is 1. The van der Waals surface area contributed by atoms with Crippen LogP contribution < -0.4 is 5.32 Å². The maximum Gasteiger partial charge on any atom is 0.433 e. The summed E-state index contributed by atoms with van der Waals surface area (Å²) in [5.74, 6) is -0.696. The number of rotatable bonds is 6. The first-order chi connectivity index (χ1) is 17.6. The van der Waals surface area contributed by atoms with Crippen LogP contribution in [-0.2, 0) is 19.1 Å². The van der Waals surface area contributed by atoms with Crippen molar-refractivity contribution in [2.24, 2.45) is 0 Å². The van der Waals surface area contributed by atoms with Gasteiger partial charge in [-0.2, -0.15) is 23.4 Å². The Labute approximate surface area is 222 Å². The van der Waals surface area contributed by atoms with E-state index >= 15 is 0 Å². The zero-order valence-electron chi connectivity index (χ0n) is 19.1. The van der Waals surface area contributed by atoms with Gasteiger partial charge in [0.1, 0.15) is 0 Å². The molecule has 13 heteroatoms. The van der Waals surface area contributed by atoms with Crippen LogP contribution >= 0.6 is 34.5 Å². The first kappa shape index (κ1) is 25.2. The molecular formula is C24H17Cl2F3N6OS. The van der Waals surface area contributed by atoms with Crippen LogP contribution in [0.4, 0.5) is 18.9 Å². The third kappa shape index (κ3) is 5.34. The summed E-state index contributed by atoms with van der Waals surface area (Å²) in [6, 6.07) is 10.9. The van der Waals surface area contributed by atoms with E-state index in [2.05, 4.69) is 20.5 Å². The molecule has 0 aliphatic heterocycles. The van der Waals surface area contributed by atoms with Crippen molar-refractivity contribution in [3.05, 3.63) is 86.7 Å². The fourth-order valence-corrected chi connectivity index (χ4v) is 4.88. The number of fused-ring (bicyclic) bond motifs is 1. The van der Waals surface area contributed by atoms with E-state index in [1.807, 2.05) is 13.0 Å². The SMILES string of the molecule is CCc1ccc(-c2cc(C(F)(F)F)n3nc(C(=O)Nc4cnn(Cc5ccc(Cl)c(Cl)c5)c4)cc3n2)s1. The van der Waals surface area contributed by atoms with Crippen LogP contribution in [0.5, 0.6) is 0 Å². The number of anilines is 1. The van der Waals surface area contributed by atoms with E-state index in [-0.39, 0.29) is 17.0 Å². The second-order valence-corrected chi connectivity index (χ2v) is 10.1. The van der Waals surface area contributed by atoms with Crippen LogP contribution in [0.15, 0.2) is 54.9 Å². The number of alkyl halides is 3. The maximum absolute atomic E-state index is 13.9. The van der Waals surface area contributed by atoms with Crippen LogP contribution in [-0.4, -0.2) is 30.3 Å². The lowest BCUT2D eigenvalue weighted by Gasteiger charge is -2.10. The van der Waals surface area contributed by atoms with E-state index in [4.69, 9.17) is 23.2 Å². The molecule has 1 N–H and O–H groups in total. The van der Waals surface area contributed by atoms with Crippen LogP contribution in [0.25, 0.3) is 16.2 Å². The van der Waals surface area contributed by atoms with Crippen LogP contribution in [0.3, 0.4) is 0 Å². The number of nitrogens with zero attached hydrogens (tertiary/aromatic N) is 5. The maximum atomic E-state index is 13.9. The molecule has 1 aromatic carbocycles. The number of benzene rings is 1. The van der Waals surface area contributed by atoms with Gasteiger partial charge in [0.15, 0.2) is 17.0 Å². The standard InChI is InChI=1S/C24H17Cl2F3N6OS/c1-2-15-4-6-20(37-15)18-8-21(24(27,28)29)35-22(32-18)9-19(33-35)23(36)31-14-10-30-34(12-14)11-13-3-5-16(25)17(26)7-13/h3-10,12H,2,11H2,1H3,(H,31,36). The predicted molar refractivity (Wildman–Crippen MR) is 136 cm³/mol. The zero-order chi connectivity index (χ0) is 26.3. The molecule has 4 aromatic heterocycles. The van der Waals surface area contributed by atoms with Gasteiger partial charge >= 0.3 is 6.18 Å². The van der Waals surface area contributed by atoms with Gasteiger partial charge in [0.05, 0.1) is 39.0 Å². The van der Waals surface area contributed by atoms with Crippen molar-refractivity contribution in [2.75, 3.05) is 5.32 Å². The molecule has 0 aliphatic carbocycles. The van der Waals surface area contributed by atoms with Gasteiger partial charge in [0.25, 0.3) is 5.91 Å². The third-order valence-electron chi connectivity index (χ3n) is 5.43. The Kier molecular flexibility index (Phi) is 6.69. The molecule has 0 bridgehead atoms. The minimum Gasteiger partial charge on any atom is -0.318 e. The highest BCUT2D eigenvalue weighted by Crippen LogP contribution is 2.34. The Hall–Kier alpha value is -3.41. The topological polar surface area (TPSA) is 77.1 Å². The number of amides is 1. The number of nitrogens with one attached hydrogen (secondary N) is 1. The molecule has 5 rings (SSSR count). The number of hydrogen-bond donors (Lipinski definition) is 1. The molecule has 0 unspecified atom stereocenters. The fourth-order valence-electron chi connectivity index (χ4n) is 3.65. The Morgan fingerprint density at radius 3 is 2.62 bits per heavy atom. The van der Waals surface area contributed by atoms with Gasteiger partial charge < -0.3 is 5.32 Å². The average molecular weight is 565 g/mol. The van der Waals surface area contributed by atoms with E-state index in [0.29, 0.717) is 31.7 Å². The Bertz CT molecular complexity index is 1620. The summed E-state index contributed by atoms with van der Waals surface area (Å²) in [7, 11) is 0. The number of aryl methyl sites for hydroxylation is 1. The predicted octanol–water partition coefficient (Wildman–Crippen LogP) is 6.84. The van der Waals surface area contributed by atoms with Crippen LogP contribution in [0, 0.1) is 0 Å². The van der Waals surface area contributed by atoms with Crippen molar-refractivity contribution in [1.29, 1.82) is 0 Å². The molecule has 0 fully saturated rings. The summed E-state index contributed by atoms with van der Waals surface area (Å²) in [6.07, 6.45) is -0.938. The molecule has 37 heavy (non-hydrogen) atoms. The molecule has 4 heterocycles. The Morgan fingerprint density at radius 2 is 1.92 bits per heavy atom. The summed E-state index contributed by atoms with van der Waals surface area (Å²) < 4.78 is 43.8. The highest BCUT2D eigenvalue weighted by molar-refractivity contribution is 7.15. The molecule has 1 amide bonds. The Morgan fingerprint density at radius 1 is 1.11 bits per heavy atom. The fraction of sp³-hybridized carbons (Fsp3) is 0.167. The summed E-state index contributed by atoms with van der Waals surface area (Å²) in [5.41, 5.74) is 0.0310. The van der Waals surface area contributed by atoms with Gasteiger partial charge in [-0.25, -0.2) is 9.50 Å². The third-order valence-corrected chi connectivity index (χ3v) is 7.42. The van der Waals surface area contributed by atoms with Crippen LogP contribution in [0.2, 0.25) is 10.0 Å². The molecule has 190 valence electrons. The number of halogens is 5. The van der Waals surface area contributed by atoms with Crippen molar-refractivity contribution in [2.45, 2.75) is 26.1 Å². The molecule has 0 radical (unpaired) electrons. The highest BCUT2D eigenvalue weighted by atomic mass is 35.5. The smallest absolute Gasteiger partial charge is 0.318 e. The van der Waals surface area contributed by atoms with Gasteiger partial charge in [0, 0.05) is 17.1 Å². The molecule has 0 aliphatic rings. The minimum absolute atomic E-state index is 0.0864. The lowest BCUT2D eigenvalue weighted by molar-refractivity contribution is -0.142. The van der Waals surface area contributed by atoms with E-state index in [1.165, 1.54) is 23.6 Å². The minimum atomic E-state index is -4.70. The average Bonchev–Trinajstić information content (AvgIpc) is 3.59. The summed E-state index contributed by atoms with van der Waals surface area (Å²) in [4.78, 5) is 18.8. The summed E-state index contributed by atoms with van der Waals surface area (Å²) in [6.45, 7) is 2.33. The lowest BCUT2D eigenvalue weighted by atomic mass is 10.2. The van der Waals surface area contributed by atoms with Crippen molar-refractivity contribution < 1.29 is 18.0 Å². The second kappa shape index (κ2) is 9.81. The largest absolute Gasteiger partial charge is 0.433 e. The molecule has 0 saturated carbocycles. The van der Waals surface area contributed by atoms with Crippen molar-refractivity contribution >= 4 is 51.8 Å². The molecule has 0 atom stereocenters. The first-order valence-corrected chi connectivity index (χ1v) is 12.5. The number of carbonyl (C=O) groups is 1. The number of aromatic nitrogens is 5. The number of hydrogen-bond acceptors (Lipinski definition) is 5. The lowest BCUT2D eigenvalue weighted by Crippen LogP contribution is -2.15. The van der Waals surface area contributed by atoms with Crippen molar-refractivity contribution in [3.8, 4) is 10.6 Å². The van der Waals surface area contributed by atoms with E-state index in [1.54, 1.807) is 35.1 Å². The number of thiophene rings is 1. The highest BCUT2D eigenvalue weighted by Gasteiger charge is 2.36. The molecule has 5 aromatic rings. The van der Waals surface area contributed by atoms with Gasteiger partial charge in [-0.15, -0.1) is 11.3 Å². The molecule has 0 saturated heterocycles. The summed E-state index contributed by atoms with van der Waals surface area (Å²) >= 11 is 13.4. The monoisotopic (exact) mass is 564 g/mol. The van der Waals surface area contributed by atoms with Crippen molar-refractivity contribution in [3.63, 3.8) is 0 Å². The summed E-state index contributed by atoms with van der Waals surface area (Å²) in [5, 5.41) is 11.5. The van der Waals surface area contributed by atoms with Gasteiger partial charge in [-0.3, -0.25) is 9.48 Å². The first-order valence-electron chi connectivity index (χ1n) is 11.0. The normalized spacial score (nSPS) is 11.8. The second-order valence-electron chi connectivity index (χ2n) is 8.07. The molecule has 0 spiro atoms. The quantitative estimate of drug-likeness (QED) is 0.245. The van der Waals surface area contributed by atoms with E-state index < -0.39 is 17.8 Å². The zero-order valence-corrected chi connectivity index (χ0v) is 21.4. The van der Waals surface area contributed by atoms with Gasteiger partial charge in [-0.1, -0.05) is 36.2 Å². The van der Waals surface area contributed by atoms with Crippen molar-refractivity contribution in [1.82, 2.24) is 24.4 Å². The van der Waals surface area contributed by atoms with E-state index in [0.717, 1.165) is 22.9 Å². The van der Waals surface area contributed by atoms with Gasteiger partial charge in [0.2, 0.25) is 0 Å².